The highest BCUT2D eigenvalue weighted by Gasteiger charge is 2.22. The Bertz CT molecular complexity index is 386. The summed E-state index contributed by atoms with van der Waals surface area (Å²) in [6.45, 7) is 4.89. The van der Waals surface area contributed by atoms with Gasteiger partial charge in [-0.2, -0.15) is 0 Å². The zero-order valence-corrected chi connectivity index (χ0v) is 11.6. The van der Waals surface area contributed by atoms with Crippen molar-refractivity contribution in [2.24, 2.45) is 5.73 Å². The van der Waals surface area contributed by atoms with Crippen LogP contribution in [0.1, 0.15) is 19.8 Å². The molecule has 1 aliphatic rings. The molecule has 2 rings (SSSR count). The maximum atomic E-state index is 6.04. The normalized spacial score (nSPS) is 25.1. The lowest BCUT2D eigenvalue weighted by Crippen LogP contribution is -2.46. The molecule has 0 amide bonds. The van der Waals surface area contributed by atoms with E-state index in [9.17, 15) is 0 Å². The zero-order chi connectivity index (χ0) is 13.0. The van der Waals surface area contributed by atoms with Gasteiger partial charge in [0.05, 0.1) is 5.02 Å². The molecule has 1 aliphatic heterocycles. The van der Waals surface area contributed by atoms with Crippen LogP contribution in [0.15, 0.2) is 24.3 Å². The topological polar surface area (TPSA) is 38.5 Å². The third-order valence-electron chi connectivity index (χ3n) is 3.53. The molecule has 1 fully saturated rings. The third-order valence-corrected chi connectivity index (χ3v) is 3.84. The van der Waals surface area contributed by atoms with Crippen LogP contribution in [0, 0.1) is 0 Å². The standard InChI is InChI=1S/C14H21ClN2O/c1-11-10-12(16)6-7-17(11)8-9-18-14-5-3-2-4-13(14)15/h2-5,11-12H,6-10,16H2,1H3. The number of benzene rings is 1. The molecule has 3 nitrogen and oxygen atoms in total. The van der Waals surface area contributed by atoms with Gasteiger partial charge >= 0.3 is 0 Å². The second kappa shape index (κ2) is 6.41. The number of hydrogen-bond donors (Lipinski definition) is 1. The first kappa shape index (κ1) is 13.7. The van der Waals surface area contributed by atoms with Gasteiger partial charge in [-0.15, -0.1) is 0 Å². The molecule has 1 heterocycles. The number of likely N-dealkylation sites (tertiary alicyclic amines) is 1. The van der Waals surface area contributed by atoms with Crippen LogP contribution in [-0.2, 0) is 0 Å². The Kier molecular flexibility index (Phi) is 4.87. The van der Waals surface area contributed by atoms with Gasteiger partial charge in [0.1, 0.15) is 12.4 Å². The molecule has 2 N–H and O–H groups in total. The zero-order valence-electron chi connectivity index (χ0n) is 10.8. The maximum absolute atomic E-state index is 6.04. The van der Waals surface area contributed by atoms with E-state index >= 15 is 0 Å². The van der Waals surface area contributed by atoms with E-state index in [1.54, 1.807) is 0 Å². The molecule has 0 saturated carbocycles. The monoisotopic (exact) mass is 268 g/mol. The van der Waals surface area contributed by atoms with E-state index in [4.69, 9.17) is 22.1 Å². The number of piperidine rings is 1. The Morgan fingerprint density at radius 1 is 1.44 bits per heavy atom. The predicted molar refractivity (Wildman–Crippen MR) is 75.2 cm³/mol. The highest BCUT2D eigenvalue weighted by Crippen LogP contribution is 2.23. The Hall–Kier alpha value is -0.770. The van der Waals surface area contributed by atoms with E-state index < -0.39 is 0 Å². The van der Waals surface area contributed by atoms with Crippen molar-refractivity contribution in [3.63, 3.8) is 0 Å². The lowest BCUT2D eigenvalue weighted by molar-refractivity contribution is 0.123. The first-order chi connectivity index (χ1) is 8.66. The lowest BCUT2D eigenvalue weighted by Gasteiger charge is -2.36. The summed E-state index contributed by atoms with van der Waals surface area (Å²) in [4.78, 5) is 2.43. The summed E-state index contributed by atoms with van der Waals surface area (Å²) in [7, 11) is 0. The number of halogens is 1. The molecule has 1 aromatic carbocycles. The molecule has 4 heteroatoms. The van der Waals surface area contributed by atoms with Crippen LogP contribution in [-0.4, -0.2) is 36.7 Å². The Morgan fingerprint density at radius 3 is 2.94 bits per heavy atom. The van der Waals surface area contributed by atoms with E-state index in [0.717, 1.165) is 31.7 Å². The quantitative estimate of drug-likeness (QED) is 0.912. The first-order valence-electron chi connectivity index (χ1n) is 6.54. The number of nitrogens with zero attached hydrogens (tertiary/aromatic N) is 1. The van der Waals surface area contributed by atoms with Crippen LogP contribution < -0.4 is 10.5 Å². The van der Waals surface area contributed by atoms with Crippen molar-refractivity contribution in [2.75, 3.05) is 19.7 Å². The van der Waals surface area contributed by atoms with Crippen molar-refractivity contribution in [1.29, 1.82) is 0 Å². The second-order valence-electron chi connectivity index (χ2n) is 4.95. The van der Waals surface area contributed by atoms with Gasteiger partial charge in [0, 0.05) is 25.2 Å². The van der Waals surface area contributed by atoms with Gasteiger partial charge < -0.3 is 10.5 Å². The fraction of sp³-hybridized carbons (Fsp3) is 0.571. The average Bonchev–Trinajstić information content (AvgIpc) is 2.34. The summed E-state index contributed by atoms with van der Waals surface area (Å²) in [6.07, 6.45) is 2.16. The molecule has 0 radical (unpaired) electrons. The van der Waals surface area contributed by atoms with Crippen LogP contribution in [0.2, 0.25) is 5.02 Å². The summed E-state index contributed by atoms with van der Waals surface area (Å²) in [5.74, 6) is 0.764. The summed E-state index contributed by atoms with van der Waals surface area (Å²) in [5.41, 5.74) is 5.95. The second-order valence-corrected chi connectivity index (χ2v) is 5.36. The van der Waals surface area contributed by atoms with E-state index in [2.05, 4.69) is 11.8 Å². The molecule has 0 aromatic heterocycles. The average molecular weight is 269 g/mol. The number of rotatable bonds is 4. The van der Waals surface area contributed by atoms with E-state index in [-0.39, 0.29) is 0 Å². The minimum Gasteiger partial charge on any atom is -0.491 e. The van der Waals surface area contributed by atoms with Gasteiger partial charge in [0.25, 0.3) is 0 Å². The molecule has 0 bridgehead atoms. The number of para-hydroxylation sites is 1. The molecule has 2 unspecified atom stereocenters. The Morgan fingerprint density at radius 2 is 2.22 bits per heavy atom. The van der Waals surface area contributed by atoms with Crippen molar-refractivity contribution in [1.82, 2.24) is 4.90 Å². The van der Waals surface area contributed by atoms with Crippen molar-refractivity contribution in [3.05, 3.63) is 29.3 Å². The minimum atomic E-state index is 0.362. The number of hydrogen-bond acceptors (Lipinski definition) is 3. The van der Waals surface area contributed by atoms with Gasteiger partial charge in [-0.1, -0.05) is 23.7 Å². The largest absolute Gasteiger partial charge is 0.491 e. The van der Waals surface area contributed by atoms with Crippen LogP contribution >= 0.6 is 11.6 Å². The molecule has 1 saturated heterocycles. The smallest absolute Gasteiger partial charge is 0.137 e. The molecule has 0 aliphatic carbocycles. The van der Waals surface area contributed by atoms with Gasteiger partial charge in [0.2, 0.25) is 0 Å². The predicted octanol–water partition coefficient (Wildman–Crippen LogP) is 2.53. The first-order valence-corrected chi connectivity index (χ1v) is 6.91. The summed E-state index contributed by atoms with van der Waals surface area (Å²) in [5, 5.41) is 0.672. The highest BCUT2D eigenvalue weighted by molar-refractivity contribution is 6.32. The van der Waals surface area contributed by atoms with Crippen molar-refractivity contribution >= 4 is 11.6 Å². The van der Waals surface area contributed by atoms with E-state index in [0.29, 0.717) is 23.7 Å². The molecule has 2 atom stereocenters. The van der Waals surface area contributed by atoms with Gasteiger partial charge in [-0.05, 0) is 31.9 Å². The molecule has 18 heavy (non-hydrogen) atoms. The molecule has 100 valence electrons. The van der Waals surface area contributed by atoms with Gasteiger partial charge in [-0.25, -0.2) is 0 Å². The maximum Gasteiger partial charge on any atom is 0.137 e. The highest BCUT2D eigenvalue weighted by atomic mass is 35.5. The summed E-state index contributed by atoms with van der Waals surface area (Å²) in [6, 6.07) is 8.49. The summed E-state index contributed by atoms with van der Waals surface area (Å²) >= 11 is 6.04. The lowest BCUT2D eigenvalue weighted by atomic mass is 9.99. The van der Waals surface area contributed by atoms with Gasteiger partial charge in [0.15, 0.2) is 0 Å². The summed E-state index contributed by atoms with van der Waals surface area (Å²) < 4.78 is 5.71. The van der Waals surface area contributed by atoms with Crippen LogP contribution in [0.3, 0.4) is 0 Å². The molecular formula is C14H21ClN2O. The van der Waals surface area contributed by atoms with Crippen molar-refractivity contribution < 1.29 is 4.74 Å². The Labute approximate surface area is 114 Å². The number of nitrogens with two attached hydrogens (primary N) is 1. The van der Waals surface area contributed by atoms with Crippen molar-refractivity contribution in [3.8, 4) is 5.75 Å². The molecule has 0 spiro atoms. The molecular weight excluding hydrogens is 248 g/mol. The van der Waals surface area contributed by atoms with Crippen molar-refractivity contribution in [2.45, 2.75) is 31.8 Å². The van der Waals surface area contributed by atoms with E-state index in [1.165, 1.54) is 0 Å². The van der Waals surface area contributed by atoms with Crippen LogP contribution in [0.5, 0.6) is 5.75 Å². The van der Waals surface area contributed by atoms with E-state index in [1.807, 2.05) is 24.3 Å². The Balaban J connectivity index is 1.77. The minimum absolute atomic E-state index is 0.362. The van der Waals surface area contributed by atoms with Crippen LogP contribution in [0.25, 0.3) is 0 Å². The van der Waals surface area contributed by atoms with Gasteiger partial charge in [-0.3, -0.25) is 4.90 Å². The number of ether oxygens (including phenoxy) is 1. The van der Waals surface area contributed by atoms with Crippen LogP contribution in [0.4, 0.5) is 0 Å². The fourth-order valence-corrected chi connectivity index (χ4v) is 2.61. The third kappa shape index (κ3) is 3.61. The molecule has 1 aromatic rings. The fourth-order valence-electron chi connectivity index (χ4n) is 2.42. The SMILES string of the molecule is CC1CC(N)CCN1CCOc1ccccc1Cl.